The maximum absolute atomic E-state index is 13.5. The molecule has 0 amide bonds. The molecule has 0 bridgehead atoms. The predicted molar refractivity (Wildman–Crippen MR) is 91.4 cm³/mol. The van der Waals surface area contributed by atoms with Crippen LogP contribution < -0.4 is 0 Å². The van der Waals surface area contributed by atoms with E-state index >= 15 is 0 Å². The smallest absolute Gasteiger partial charge is 0.309 e. The molecule has 1 spiro atoms. The summed E-state index contributed by atoms with van der Waals surface area (Å²) in [5.74, 6) is -4.66. The number of rotatable bonds is 0. The van der Waals surface area contributed by atoms with Crippen molar-refractivity contribution in [2.75, 3.05) is 0 Å². The van der Waals surface area contributed by atoms with Gasteiger partial charge in [0.1, 0.15) is 6.10 Å². The summed E-state index contributed by atoms with van der Waals surface area (Å²) in [6.07, 6.45) is 0.192. The molecule has 1 aromatic rings. The number of ketones is 2. The zero-order valence-electron chi connectivity index (χ0n) is 15.0. The van der Waals surface area contributed by atoms with E-state index in [1.807, 2.05) is 0 Å². The number of Topliss-reactive ketones (excluding diaryl/α,β-unsaturated/α-hetero) is 2. The van der Waals surface area contributed by atoms with Gasteiger partial charge in [-0.15, -0.1) is 0 Å². The Morgan fingerprint density at radius 1 is 1.04 bits per heavy atom. The fraction of sp³-hybridized carbons (Fsp3) is 0.450. The SMILES string of the molecule is C[C@@H]1CC=C[C@]2(O1)O[C@H]1CC(=O)O[C@H]1[C@]1(O)C(=O)c3ccccc3C(=O)[C@@]21O. The fourth-order valence-electron chi connectivity index (χ4n) is 4.75. The minimum atomic E-state index is -2.83. The Labute approximate surface area is 159 Å². The molecular weight excluding hydrogens is 368 g/mol. The summed E-state index contributed by atoms with van der Waals surface area (Å²) in [6, 6.07) is 5.88. The van der Waals surface area contributed by atoms with E-state index in [2.05, 4.69) is 0 Å². The average molecular weight is 386 g/mol. The van der Waals surface area contributed by atoms with Crippen LogP contribution >= 0.6 is 0 Å². The number of esters is 1. The van der Waals surface area contributed by atoms with Gasteiger partial charge in [-0.3, -0.25) is 14.4 Å². The van der Waals surface area contributed by atoms with Crippen LogP contribution in [0.5, 0.6) is 0 Å². The van der Waals surface area contributed by atoms with Gasteiger partial charge in [0.2, 0.25) is 28.6 Å². The highest BCUT2D eigenvalue weighted by atomic mass is 16.7. The van der Waals surface area contributed by atoms with Crippen LogP contribution in [-0.2, 0) is 19.0 Å². The molecule has 0 radical (unpaired) electrons. The third-order valence-electron chi connectivity index (χ3n) is 6.03. The lowest BCUT2D eigenvalue weighted by Crippen LogP contribution is -2.85. The van der Waals surface area contributed by atoms with E-state index in [0.717, 1.165) is 0 Å². The molecule has 0 unspecified atom stereocenters. The summed E-state index contributed by atoms with van der Waals surface area (Å²) in [7, 11) is 0. The Bertz CT molecular complexity index is 953. The van der Waals surface area contributed by atoms with Crippen molar-refractivity contribution in [2.45, 2.75) is 55.1 Å². The van der Waals surface area contributed by atoms with E-state index in [9.17, 15) is 24.6 Å². The quantitative estimate of drug-likeness (QED) is 0.483. The van der Waals surface area contributed by atoms with Crippen molar-refractivity contribution in [3.05, 3.63) is 47.5 Å². The summed E-state index contributed by atoms with van der Waals surface area (Å²) in [5.41, 5.74) is -5.69. The topological polar surface area (TPSA) is 119 Å². The number of benzene rings is 1. The number of hydrogen-bond donors (Lipinski definition) is 2. The van der Waals surface area contributed by atoms with Gasteiger partial charge < -0.3 is 24.4 Å². The third-order valence-corrected chi connectivity index (χ3v) is 6.03. The number of fused-ring (bicyclic) bond motifs is 5. The molecule has 2 N–H and O–H groups in total. The second-order valence-corrected chi connectivity index (χ2v) is 7.69. The van der Waals surface area contributed by atoms with Crippen molar-refractivity contribution in [1.29, 1.82) is 0 Å². The molecule has 1 aliphatic carbocycles. The highest BCUT2D eigenvalue weighted by Crippen LogP contribution is 2.55. The molecule has 8 heteroatoms. The highest BCUT2D eigenvalue weighted by Gasteiger charge is 2.82. The van der Waals surface area contributed by atoms with E-state index < -0.39 is 52.8 Å². The monoisotopic (exact) mass is 386 g/mol. The van der Waals surface area contributed by atoms with E-state index in [4.69, 9.17) is 14.2 Å². The van der Waals surface area contributed by atoms with E-state index in [-0.39, 0.29) is 17.5 Å². The molecule has 0 aromatic heterocycles. The molecule has 4 aliphatic rings. The van der Waals surface area contributed by atoms with E-state index in [0.29, 0.717) is 6.42 Å². The fourth-order valence-corrected chi connectivity index (χ4v) is 4.75. The van der Waals surface area contributed by atoms with Crippen LogP contribution in [0.3, 0.4) is 0 Å². The lowest BCUT2D eigenvalue weighted by atomic mass is 9.59. The summed E-state index contributed by atoms with van der Waals surface area (Å²) in [5, 5.41) is 23.4. The number of hydrogen-bond acceptors (Lipinski definition) is 8. The molecule has 146 valence electrons. The Hall–Kier alpha value is -2.39. The van der Waals surface area contributed by atoms with Gasteiger partial charge in [-0.1, -0.05) is 30.3 Å². The third kappa shape index (κ3) is 1.81. The van der Waals surface area contributed by atoms with E-state index in [1.165, 1.54) is 18.2 Å². The van der Waals surface area contributed by atoms with Crippen LogP contribution in [0.15, 0.2) is 36.4 Å². The largest absolute Gasteiger partial charge is 0.456 e. The van der Waals surface area contributed by atoms with Gasteiger partial charge in [-0.25, -0.2) is 0 Å². The number of carbonyl (C=O) groups excluding carboxylic acids is 3. The van der Waals surface area contributed by atoms with Crippen molar-refractivity contribution in [3.63, 3.8) is 0 Å². The van der Waals surface area contributed by atoms with Crippen LogP contribution in [0.25, 0.3) is 0 Å². The summed E-state index contributed by atoms with van der Waals surface area (Å²) in [6.45, 7) is 1.71. The Kier molecular flexibility index (Phi) is 3.38. The first-order valence-corrected chi connectivity index (χ1v) is 9.11. The highest BCUT2D eigenvalue weighted by molar-refractivity contribution is 6.23. The van der Waals surface area contributed by atoms with Crippen molar-refractivity contribution in [1.82, 2.24) is 0 Å². The van der Waals surface area contributed by atoms with Gasteiger partial charge in [0.15, 0.2) is 6.10 Å². The van der Waals surface area contributed by atoms with Crippen LogP contribution in [0, 0.1) is 0 Å². The number of ether oxygens (including phenoxy) is 3. The molecule has 3 aliphatic heterocycles. The van der Waals surface area contributed by atoms with Crippen molar-refractivity contribution < 1.29 is 38.8 Å². The molecule has 0 saturated carbocycles. The molecule has 6 atom stereocenters. The second kappa shape index (κ2) is 5.36. The van der Waals surface area contributed by atoms with Crippen LogP contribution in [0.2, 0.25) is 0 Å². The summed E-state index contributed by atoms with van der Waals surface area (Å²) >= 11 is 0. The summed E-state index contributed by atoms with van der Waals surface area (Å²) < 4.78 is 17.0. The van der Waals surface area contributed by atoms with E-state index in [1.54, 1.807) is 25.1 Å². The van der Waals surface area contributed by atoms with Crippen molar-refractivity contribution >= 4 is 17.5 Å². The average Bonchev–Trinajstić information content (AvgIpc) is 3.04. The predicted octanol–water partition coefficient (Wildman–Crippen LogP) is 0.303. The first kappa shape index (κ1) is 17.7. The zero-order chi connectivity index (χ0) is 19.9. The molecule has 5 rings (SSSR count). The first-order chi connectivity index (χ1) is 13.2. The van der Waals surface area contributed by atoms with Gasteiger partial charge in [-0.2, -0.15) is 0 Å². The Morgan fingerprint density at radius 2 is 1.71 bits per heavy atom. The minimum absolute atomic E-state index is 0.0498. The second-order valence-electron chi connectivity index (χ2n) is 7.69. The maximum atomic E-state index is 13.5. The normalized spacial score (nSPS) is 44.1. The lowest BCUT2D eigenvalue weighted by molar-refractivity contribution is -0.379. The molecule has 2 saturated heterocycles. The number of aliphatic hydroxyl groups is 2. The Morgan fingerprint density at radius 3 is 2.39 bits per heavy atom. The minimum Gasteiger partial charge on any atom is -0.456 e. The molecule has 3 heterocycles. The Balaban J connectivity index is 1.83. The van der Waals surface area contributed by atoms with Gasteiger partial charge in [0.05, 0.1) is 12.5 Å². The number of carbonyl (C=O) groups is 3. The van der Waals surface area contributed by atoms with Gasteiger partial charge in [0.25, 0.3) is 0 Å². The van der Waals surface area contributed by atoms with Gasteiger partial charge >= 0.3 is 5.97 Å². The molecule has 8 nitrogen and oxygen atoms in total. The van der Waals surface area contributed by atoms with Crippen LogP contribution in [-0.4, -0.2) is 63.0 Å². The van der Waals surface area contributed by atoms with Gasteiger partial charge in [0, 0.05) is 11.1 Å². The molecule has 28 heavy (non-hydrogen) atoms. The molecule has 1 aromatic carbocycles. The van der Waals surface area contributed by atoms with Crippen molar-refractivity contribution in [2.24, 2.45) is 0 Å². The molecule has 2 fully saturated rings. The summed E-state index contributed by atoms with van der Waals surface area (Å²) in [4.78, 5) is 38.8. The van der Waals surface area contributed by atoms with Crippen LogP contribution in [0.1, 0.15) is 40.5 Å². The van der Waals surface area contributed by atoms with Gasteiger partial charge in [-0.05, 0) is 19.4 Å². The first-order valence-electron chi connectivity index (χ1n) is 9.11. The van der Waals surface area contributed by atoms with Crippen LogP contribution in [0.4, 0.5) is 0 Å². The maximum Gasteiger partial charge on any atom is 0.309 e. The van der Waals surface area contributed by atoms with Crippen molar-refractivity contribution in [3.8, 4) is 0 Å². The standard InChI is InChI=1S/C20H18O8/c1-10-5-4-8-18(27-10)20(25)16(23)12-7-3-2-6-11(12)15(22)19(20,24)17-13(28-18)9-14(21)26-17/h2-4,6-8,10,13,17,24-25H,5,9H2,1H3/t10-,13+,17-,18+,19-,20-/m1/s1. The zero-order valence-corrected chi connectivity index (χ0v) is 15.0. The lowest BCUT2D eigenvalue weighted by Gasteiger charge is -2.59. The molecular formula is C20H18O8.